The van der Waals surface area contributed by atoms with Gasteiger partial charge in [0.25, 0.3) is 0 Å². The van der Waals surface area contributed by atoms with Crippen molar-refractivity contribution in [3.8, 4) is 0 Å². The molecule has 0 aliphatic carbocycles. The topological polar surface area (TPSA) is 21.1 Å². The Labute approximate surface area is 103 Å². The lowest BCUT2D eigenvalue weighted by Crippen LogP contribution is -2.27. The fourth-order valence-corrected chi connectivity index (χ4v) is 2.42. The van der Waals surface area contributed by atoms with E-state index in [0.717, 1.165) is 31.6 Å². The van der Waals surface area contributed by atoms with Gasteiger partial charge < -0.3 is 4.90 Å². The molecule has 1 rings (SSSR count). The molecule has 1 aromatic rings. The standard InChI is InChI=1S/C12H22ClN3/c1-5-7-16(8-6-2)12-11(9-13)10(3)14-15(12)4/h5-9H2,1-4H3. The maximum Gasteiger partial charge on any atom is 0.131 e. The number of aryl methyl sites for hydroxylation is 2. The third-order valence-electron chi connectivity index (χ3n) is 2.73. The van der Waals surface area contributed by atoms with Crippen molar-refractivity contribution in [2.45, 2.75) is 39.5 Å². The summed E-state index contributed by atoms with van der Waals surface area (Å²) in [5.74, 6) is 1.73. The normalized spacial score (nSPS) is 10.8. The van der Waals surface area contributed by atoms with Crippen LogP contribution in [0.3, 0.4) is 0 Å². The van der Waals surface area contributed by atoms with Crippen LogP contribution in [0, 0.1) is 6.92 Å². The van der Waals surface area contributed by atoms with Crippen LogP contribution < -0.4 is 4.90 Å². The number of halogens is 1. The highest BCUT2D eigenvalue weighted by atomic mass is 35.5. The molecule has 0 radical (unpaired) electrons. The minimum absolute atomic E-state index is 0.541. The molecular formula is C12H22ClN3. The molecule has 0 fully saturated rings. The quantitative estimate of drug-likeness (QED) is 0.716. The number of hydrogen-bond donors (Lipinski definition) is 0. The molecular weight excluding hydrogens is 222 g/mol. The van der Waals surface area contributed by atoms with E-state index in [0.29, 0.717) is 5.88 Å². The van der Waals surface area contributed by atoms with Crippen molar-refractivity contribution in [2.24, 2.45) is 7.05 Å². The average Bonchev–Trinajstić information content (AvgIpc) is 2.52. The lowest BCUT2D eigenvalue weighted by Gasteiger charge is -2.24. The predicted molar refractivity (Wildman–Crippen MR) is 70.3 cm³/mol. The zero-order valence-electron chi connectivity index (χ0n) is 10.8. The fourth-order valence-electron chi connectivity index (χ4n) is 2.11. The number of anilines is 1. The molecule has 0 N–H and O–H groups in total. The van der Waals surface area contributed by atoms with Gasteiger partial charge in [-0.1, -0.05) is 13.8 Å². The molecule has 1 aromatic heterocycles. The second kappa shape index (κ2) is 6.14. The summed E-state index contributed by atoms with van der Waals surface area (Å²) in [6.45, 7) is 8.56. The van der Waals surface area contributed by atoms with Gasteiger partial charge in [-0.15, -0.1) is 11.6 Å². The van der Waals surface area contributed by atoms with E-state index in [1.807, 2.05) is 18.7 Å². The Bertz CT molecular complexity index is 327. The average molecular weight is 244 g/mol. The smallest absolute Gasteiger partial charge is 0.131 e. The van der Waals surface area contributed by atoms with E-state index >= 15 is 0 Å². The molecule has 0 saturated heterocycles. The molecule has 0 amide bonds. The van der Waals surface area contributed by atoms with E-state index in [4.69, 9.17) is 11.6 Å². The van der Waals surface area contributed by atoms with Crippen LogP contribution in [0.5, 0.6) is 0 Å². The van der Waals surface area contributed by atoms with E-state index in [9.17, 15) is 0 Å². The first kappa shape index (κ1) is 13.4. The minimum Gasteiger partial charge on any atom is -0.357 e. The molecule has 4 heteroatoms. The Hall–Kier alpha value is -0.700. The summed E-state index contributed by atoms with van der Waals surface area (Å²) in [4.78, 5) is 2.39. The van der Waals surface area contributed by atoms with Crippen LogP contribution in [0.2, 0.25) is 0 Å². The van der Waals surface area contributed by atoms with Gasteiger partial charge in [0.15, 0.2) is 0 Å². The molecule has 92 valence electrons. The summed E-state index contributed by atoms with van der Waals surface area (Å²) in [6, 6.07) is 0. The van der Waals surface area contributed by atoms with Crippen LogP contribution in [0.25, 0.3) is 0 Å². The molecule has 0 aliphatic rings. The number of aromatic nitrogens is 2. The zero-order valence-corrected chi connectivity index (χ0v) is 11.5. The van der Waals surface area contributed by atoms with Crippen molar-refractivity contribution in [2.75, 3.05) is 18.0 Å². The van der Waals surface area contributed by atoms with Crippen molar-refractivity contribution in [1.82, 2.24) is 9.78 Å². The first-order valence-electron chi connectivity index (χ1n) is 5.99. The largest absolute Gasteiger partial charge is 0.357 e. The van der Waals surface area contributed by atoms with Crippen LogP contribution >= 0.6 is 11.6 Å². The fraction of sp³-hybridized carbons (Fsp3) is 0.750. The zero-order chi connectivity index (χ0) is 12.1. The van der Waals surface area contributed by atoms with Crippen LogP contribution in [0.4, 0.5) is 5.82 Å². The van der Waals surface area contributed by atoms with Gasteiger partial charge in [0.05, 0.1) is 11.6 Å². The summed E-state index contributed by atoms with van der Waals surface area (Å²) in [5.41, 5.74) is 2.22. The number of rotatable bonds is 6. The first-order chi connectivity index (χ1) is 7.65. The predicted octanol–water partition coefficient (Wildman–Crippen LogP) is 3.09. The molecule has 0 aromatic carbocycles. The van der Waals surface area contributed by atoms with Gasteiger partial charge >= 0.3 is 0 Å². The van der Waals surface area contributed by atoms with Gasteiger partial charge in [0.1, 0.15) is 5.82 Å². The van der Waals surface area contributed by atoms with Crippen LogP contribution in [0.1, 0.15) is 37.9 Å². The third kappa shape index (κ3) is 2.70. The SMILES string of the molecule is CCCN(CCC)c1c(CCl)c(C)nn1C. The minimum atomic E-state index is 0.541. The van der Waals surface area contributed by atoms with Gasteiger partial charge in [-0.3, -0.25) is 4.68 Å². The summed E-state index contributed by atoms with van der Waals surface area (Å²) in [6.07, 6.45) is 2.29. The Morgan fingerprint density at radius 2 is 1.81 bits per heavy atom. The van der Waals surface area contributed by atoms with Crippen molar-refractivity contribution >= 4 is 17.4 Å². The molecule has 1 heterocycles. The van der Waals surface area contributed by atoms with Gasteiger partial charge in [0.2, 0.25) is 0 Å². The van der Waals surface area contributed by atoms with Crippen molar-refractivity contribution in [1.29, 1.82) is 0 Å². The molecule has 3 nitrogen and oxygen atoms in total. The van der Waals surface area contributed by atoms with E-state index in [1.165, 1.54) is 11.4 Å². The van der Waals surface area contributed by atoms with E-state index in [-0.39, 0.29) is 0 Å². The highest BCUT2D eigenvalue weighted by molar-refractivity contribution is 6.17. The van der Waals surface area contributed by atoms with E-state index in [2.05, 4.69) is 23.8 Å². The maximum atomic E-state index is 6.02. The first-order valence-corrected chi connectivity index (χ1v) is 6.52. The molecule has 16 heavy (non-hydrogen) atoms. The van der Waals surface area contributed by atoms with Crippen LogP contribution in [0.15, 0.2) is 0 Å². The maximum absolute atomic E-state index is 6.02. The second-order valence-electron chi connectivity index (χ2n) is 4.13. The van der Waals surface area contributed by atoms with Gasteiger partial charge in [-0.2, -0.15) is 5.10 Å². The number of nitrogens with zero attached hydrogens (tertiary/aromatic N) is 3. The summed E-state index contributed by atoms with van der Waals surface area (Å²) >= 11 is 6.02. The van der Waals surface area contributed by atoms with Crippen LogP contribution in [-0.4, -0.2) is 22.9 Å². The summed E-state index contributed by atoms with van der Waals surface area (Å²) < 4.78 is 1.96. The number of hydrogen-bond acceptors (Lipinski definition) is 2. The van der Waals surface area contributed by atoms with Gasteiger partial charge in [-0.05, 0) is 19.8 Å². The summed E-state index contributed by atoms with van der Waals surface area (Å²) in [7, 11) is 2.00. The molecule has 0 bridgehead atoms. The van der Waals surface area contributed by atoms with Crippen molar-refractivity contribution in [3.63, 3.8) is 0 Å². The van der Waals surface area contributed by atoms with Crippen molar-refractivity contribution in [3.05, 3.63) is 11.3 Å². The highest BCUT2D eigenvalue weighted by Gasteiger charge is 2.17. The van der Waals surface area contributed by atoms with E-state index < -0.39 is 0 Å². The molecule has 0 saturated carbocycles. The monoisotopic (exact) mass is 243 g/mol. The summed E-state index contributed by atoms with van der Waals surface area (Å²) in [5, 5.41) is 4.46. The Kier molecular flexibility index (Phi) is 5.13. The lowest BCUT2D eigenvalue weighted by molar-refractivity contribution is 0.676. The number of alkyl halides is 1. The van der Waals surface area contributed by atoms with Gasteiger partial charge in [-0.25, -0.2) is 0 Å². The van der Waals surface area contributed by atoms with Crippen molar-refractivity contribution < 1.29 is 0 Å². The Balaban J connectivity index is 3.06. The Morgan fingerprint density at radius 1 is 1.25 bits per heavy atom. The highest BCUT2D eigenvalue weighted by Crippen LogP contribution is 2.25. The molecule has 0 spiro atoms. The van der Waals surface area contributed by atoms with E-state index in [1.54, 1.807) is 0 Å². The van der Waals surface area contributed by atoms with Crippen LogP contribution in [-0.2, 0) is 12.9 Å². The third-order valence-corrected chi connectivity index (χ3v) is 3.00. The lowest BCUT2D eigenvalue weighted by atomic mass is 10.2. The second-order valence-corrected chi connectivity index (χ2v) is 4.40. The Morgan fingerprint density at radius 3 is 2.25 bits per heavy atom. The molecule has 0 unspecified atom stereocenters. The van der Waals surface area contributed by atoms with Gasteiger partial charge in [0, 0.05) is 25.7 Å². The molecule has 0 atom stereocenters. The molecule has 0 aliphatic heterocycles.